The van der Waals surface area contributed by atoms with Gasteiger partial charge in [0.05, 0.1) is 11.9 Å². The lowest BCUT2D eigenvalue weighted by Crippen LogP contribution is -2.13. The highest BCUT2D eigenvalue weighted by molar-refractivity contribution is 6.03. The lowest BCUT2D eigenvalue weighted by Gasteiger charge is -2.09. The molecule has 142 valence electrons. The van der Waals surface area contributed by atoms with Gasteiger partial charge in [0.2, 0.25) is 5.91 Å². The average Bonchev–Trinajstić information content (AvgIpc) is 2.66. The fourth-order valence-corrected chi connectivity index (χ4v) is 2.37. The molecule has 6 nitrogen and oxygen atoms in total. The zero-order valence-electron chi connectivity index (χ0n) is 14.8. The molecule has 8 heteroatoms. The number of halogens is 2. The summed E-state index contributed by atoms with van der Waals surface area (Å²) in [5.41, 5.74) is 2.14. The van der Waals surface area contributed by atoms with Crippen LogP contribution in [0.3, 0.4) is 0 Å². The van der Waals surface area contributed by atoms with E-state index < -0.39 is 17.5 Å². The van der Waals surface area contributed by atoms with Crippen molar-refractivity contribution in [3.63, 3.8) is 0 Å². The van der Waals surface area contributed by atoms with Crippen LogP contribution in [0.4, 0.5) is 31.7 Å². The zero-order chi connectivity index (χ0) is 20.1. The second-order valence-electron chi connectivity index (χ2n) is 5.90. The highest BCUT2D eigenvalue weighted by atomic mass is 19.2. The summed E-state index contributed by atoms with van der Waals surface area (Å²) in [6.07, 6.45) is 1.52. The third-order valence-corrected chi connectivity index (χ3v) is 3.68. The Morgan fingerprint density at radius 3 is 2.11 bits per heavy atom. The van der Waals surface area contributed by atoms with E-state index in [0.29, 0.717) is 11.4 Å². The molecule has 0 bridgehead atoms. The average molecular weight is 382 g/mol. The van der Waals surface area contributed by atoms with Gasteiger partial charge in [-0.3, -0.25) is 9.59 Å². The van der Waals surface area contributed by atoms with Gasteiger partial charge in [-0.2, -0.15) is 0 Å². The third kappa shape index (κ3) is 4.88. The Morgan fingerprint density at radius 1 is 0.821 bits per heavy atom. The summed E-state index contributed by atoms with van der Waals surface area (Å²) in [7, 11) is 0. The van der Waals surface area contributed by atoms with Gasteiger partial charge < -0.3 is 16.0 Å². The van der Waals surface area contributed by atoms with Crippen molar-refractivity contribution in [1.29, 1.82) is 0 Å². The van der Waals surface area contributed by atoms with Crippen molar-refractivity contribution in [2.45, 2.75) is 6.92 Å². The molecule has 1 heterocycles. The number of hydrogen-bond acceptors (Lipinski definition) is 4. The summed E-state index contributed by atoms with van der Waals surface area (Å²) < 4.78 is 26.2. The largest absolute Gasteiger partial charge is 0.354 e. The van der Waals surface area contributed by atoms with Crippen LogP contribution in [0.25, 0.3) is 0 Å². The molecule has 3 aromatic rings. The quantitative estimate of drug-likeness (QED) is 0.614. The van der Waals surface area contributed by atoms with Crippen molar-refractivity contribution in [2.24, 2.45) is 0 Å². The minimum atomic E-state index is -1.09. The lowest BCUT2D eigenvalue weighted by molar-refractivity contribution is -0.114. The van der Waals surface area contributed by atoms with Gasteiger partial charge in [0, 0.05) is 23.9 Å². The van der Waals surface area contributed by atoms with Crippen LogP contribution in [-0.4, -0.2) is 16.8 Å². The maximum Gasteiger partial charge on any atom is 0.256 e. The van der Waals surface area contributed by atoms with Crippen LogP contribution in [0, 0.1) is 11.6 Å². The fourth-order valence-electron chi connectivity index (χ4n) is 2.37. The van der Waals surface area contributed by atoms with Crippen LogP contribution in [0.1, 0.15) is 17.3 Å². The standard InChI is InChI=1S/C20H16F2N4O2/c1-12(27)24-14-3-5-15(6-4-14)25-16-7-9-19(23-11-16)26-20(28)13-2-8-17(21)18(22)10-13/h2-11,25H,1H3,(H,24,27)(H,23,26,28). The van der Waals surface area contributed by atoms with Gasteiger partial charge in [0.15, 0.2) is 11.6 Å². The molecule has 3 rings (SSSR count). The Hall–Kier alpha value is -3.81. The predicted molar refractivity (Wildman–Crippen MR) is 103 cm³/mol. The van der Waals surface area contributed by atoms with E-state index in [2.05, 4.69) is 20.9 Å². The second kappa shape index (κ2) is 8.26. The molecule has 3 N–H and O–H groups in total. The fraction of sp³-hybridized carbons (Fsp3) is 0.0500. The molecule has 2 aromatic carbocycles. The maximum absolute atomic E-state index is 13.2. The Balaban J connectivity index is 1.62. The molecule has 28 heavy (non-hydrogen) atoms. The number of benzene rings is 2. The first kappa shape index (κ1) is 19.0. The lowest BCUT2D eigenvalue weighted by atomic mass is 10.2. The minimum Gasteiger partial charge on any atom is -0.354 e. The summed E-state index contributed by atoms with van der Waals surface area (Å²) in [4.78, 5) is 27.2. The zero-order valence-corrected chi connectivity index (χ0v) is 14.8. The van der Waals surface area contributed by atoms with E-state index >= 15 is 0 Å². The van der Waals surface area contributed by atoms with E-state index in [1.807, 2.05) is 0 Å². The van der Waals surface area contributed by atoms with Crippen molar-refractivity contribution >= 4 is 34.7 Å². The van der Waals surface area contributed by atoms with Crippen LogP contribution in [-0.2, 0) is 4.79 Å². The van der Waals surface area contributed by atoms with E-state index in [4.69, 9.17) is 0 Å². The van der Waals surface area contributed by atoms with Crippen molar-refractivity contribution in [3.05, 3.63) is 78.0 Å². The van der Waals surface area contributed by atoms with E-state index in [1.165, 1.54) is 19.2 Å². The number of rotatable bonds is 5. The Morgan fingerprint density at radius 2 is 1.50 bits per heavy atom. The van der Waals surface area contributed by atoms with E-state index in [9.17, 15) is 18.4 Å². The second-order valence-corrected chi connectivity index (χ2v) is 5.90. The first-order chi connectivity index (χ1) is 13.4. The molecule has 2 amide bonds. The van der Waals surface area contributed by atoms with Crippen LogP contribution < -0.4 is 16.0 Å². The van der Waals surface area contributed by atoms with Gasteiger partial charge in [0.25, 0.3) is 5.91 Å². The third-order valence-electron chi connectivity index (χ3n) is 3.68. The number of pyridine rings is 1. The summed E-state index contributed by atoms with van der Waals surface area (Å²) >= 11 is 0. The molecule has 0 radical (unpaired) electrons. The van der Waals surface area contributed by atoms with Crippen molar-refractivity contribution < 1.29 is 18.4 Å². The molecule has 0 aliphatic heterocycles. The summed E-state index contributed by atoms with van der Waals surface area (Å²) in [6, 6.07) is 13.3. The number of carbonyl (C=O) groups is 2. The number of nitrogens with one attached hydrogen (secondary N) is 3. The molecular weight excluding hydrogens is 366 g/mol. The van der Waals surface area contributed by atoms with Crippen molar-refractivity contribution in [2.75, 3.05) is 16.0 Å². The molecule has 0 atom stereocenters. The number of amides is 2. The monoisotopic (exact) mass is 382 g/mol. The maximum atomic E-state index is 13.2. The van der Waals surface area contributed by atoms with Crippen LogP contribution in [0.5, 0.6) is 0 Å². The van der Waals surface area contributed by atoms with Gasteiger partial charge in [-0.15, -0.1) is 0 Å². The molecular formula is C20H16F2N4O2. The topological polar surface area (TPSA) is 83.1 Å². The number of hydrogen-bond donors (Lipinski definition) is 3. The highest BCUT2D eigenvalue weighted by Gasteiger charge is 2.10. The first-order valence-electron chi connectivity index (χ1n) is 8.28. The molecule has 0 spiro atoms. The number of aromatic nitrogens is 1. The number of anilines is 4. The first-order valence-corrected chi connectivity index (χ1v) is 8.28. The normalized spacial score (nSPS) is 10.2. The van der Waals surface area contributed by atoms with E-state index in [1.54, 1.807) is 36.4 Å². The number of nitrogens with zero attached hydrogens (tertiary/aromatic N) is 1. The molecule has 0 saturated heterocycles. The van der Waals surface area contributed by atoms with Gasteiger partial charge in [-0.1, -0.05) is 0 Å². The van der Waals surface area contributed by atoms with Gasteiger partial charge >= 0.3 is 0 Å². The Labute approximate surface area is 159 Å². The molecule has 0 saturated carbocycles. The predicted octanol–water partition coefficient (Wildman–Crippen LogP) is 4.31. The minimum absolute atomic E-state index is 0.0119. The SMILES string of the molecule is CC(=O)Nc1ccc(Nc2ccc(NC(=O)c3ccc(F)c(F)c3)nc2)cc1. The smallest absolute Gasteiger partial charge is 0.256 e. The van der Waals surface area contributed by atoms with Crippen LogP contribution >= 0.6 is 0 Å². The molecule has 0 fully saturated rings. The van der Waals surface area contributed by atoms with Gasteiger partial charge in [-0.25, -0.2) is 13.8 Å². The van der Waals surface area contributed by atoms with Gasteiger partial charge in [-0.05, 0) is 54.6 Å². The van der Waals surface area contributed by atoms with Crippen LogP contribution in [0.15, 0.2) is 60.8 Å². The molecule has 0 aliphatic carbocycles. The van der Waals surface area contributed by atoms with Crippen molar-refractivity contribution in [3.8, 4) is 0 Å². The summed E-state index contributed by atoms with van der Waals surface area (Å²) in [5.74, 6) is -2.59. The highest BCUT2D eigenvalue weighted by Crippen LogP contribution is 2.19. The molecule has 0 aliphatic rings. The van der Waals surface area contributed by atoms with E-state index in [-0.39, 0.29) is 17.3 Å². The Kier molecular flexibility index (Phi) is 5.59. The van der Waals surface area contributed by atoms with E-state index in [0.717, 1.165) is 17.8 Å². The Bertz CT molecular complexity index is 1010. The summed E-state index contributed by atoms with van der Waals surface area (Å²) in [5, 5.41) is 8.32. The van der Waals surface area contributed by atoms with Crippen LogP contribution in [0.2, 0.25) is 0 Å². The molecule has 0 unspecified atom stereocenters. The van der Waals surface area contributed by atoms with Gasteiger partial charge in [0.1, 0.15) is 5.82 Å². The molecule has 1 aromatic heterocycles. The van der Waals surface area contributed by atoms with Crippen molar-refractivity contribution in [1.82, 2.24) is 4.98 Å². The number of carbonyl (C=O) groups excluding carboxylic acids is 2. The summed E-state index contributed by atoms with van der Waals surface area (Å²) in [6.45, 7) is 1.44.